The molecule has 0 saturated carbocycles. The van der Waals surface area contributed by atoms with E-state index in [0.29, 0.717) is 5.56 Å². The summed E-state index contributed by atoms with van der Waals surface area (Å²) < 4.78 is 5.18. The number of hydrogen-bond donors (Lipinski definition) is 1. The second kappa shape index (κ2) is 9.19. The van der Waals surface area contributed by atoms with Crippen molar-refractivity contribution >= 4 is 28.9 Å². The van der Waals surface area contributed by atoms with E-state index in [1.54, 1.807) is 23.5 Å². The zero-order chi connectivity index (χ0) is 19.9. The molecule has 1 aromatic heterocycles. The van der Waals surface area contributed by atoms with Crippen molar-refractivity contribution < 1.29 is 14.3 Å². The number of ether oxygens (including phenoxy) is 1. The number of carbonyl (C=O) groups excluding carboxylic acids is 2. The molecule has 28 heavy (non-hydrogen) atoms. The molecular weight excluding hydrogens is 372 g/mol. The van der Waals surface area contributed by atoms with E-state index in [2.05, 4.69) is 5.32 Å². The molecule has 2 aromatic carbocycles. The van der Waals surface area contributed by atoms with E-state index in [9.17, 15) is 9.59 Å². The van der Waals surface area contributed by atoms with E-state index in [0.717, 1.165) is 16.1 Å². The number of esters is 1. The average molecular weight is 394 g/mol. The third-order valence-corrected chi connectivity index (χ3v) is 5.16. The van der Waals surface area contributed by atoms with Crippen LogP contribution < -0.4 is 10.2 Å². The number of carbonyl (C=O) groups is 2. The summed E-state index contributed by atoms with van der Waals surface area (Å²) >= 11 is 1.57. The van der Waals surface area contributed by atoms with Gasteiger partial charge in [-0.2, -0.15) is 0 Å². The van der Waals surface area contributed by atoms with Gasteiger partial charge in [-0.3, -0.25) is 4.79 Å². The maximum atomic E-state index is 12.4. The smallest absolute Gasteiger partial charge is 0.338 e. The lowest BCUT2D eigenvalue weighted by molar-refractivity contribution is -0.124. The number of benzene rings is 2. The van der Waals surface area contributed by atoms with Gasteiger partial charge < -0.3 is 15.0 Å². The first-order chi connectivity index (χ1) is 13.5. The first-order valence-corrected chi connectivity index (χ1v) is 9.75. The summed E-state index contributed by atoms with van der Waals surface area (Å²) in [7, 11) is 3.85. The predicted molar refractivity (Wildman–Crippen MR) is 112 cm³/mol. The fraction of sp³-hybridized carbons (Fsp3) is 0.182. The molecule has 1 heterocycles. The van der Waals surface area contributed by atoms with Crippen molar-refractivity contribution in [3.63, 3.8) is 0 Å². The van der Waals surface area contributed by atoms with Gasteiger partial charge in [-0.1, -0.05) is 36.4 Å². The molecule has 0 radical (unpaired) electrons. The third kappa shape index (κ3) is 4.98. The van der Waals surface area contributed by atoms with Crippen molar-refractivity contribution in [3.8, 4) is 0 Å². The van der Waals surface area contributed by atoms with Crippen molar-refractivity contribution in [2.45, 2.75) is 6.04 Å². The number of hydrogen-bond acceptors (Lipinski definition) is 5. The predicted octanol–water partition coefficient (Wildman–Crippen LogP) is 3.88. The molecule has 0 spiro atoms. The van der Waals surface area contributed by atoms with Gasteiger partial charge in [0.2, 0.25) is 0 Å². The summed E-state index contributed by atoms with van der Waals surface area (Å²) in [6.07, 6.45) is 0. The van der Waals surface area contributed by atoms with Crippen molar-refractivity contribution in [1.29, 1.82) is 0 Å². The largest absolute Gasteiger partial charge is 0.452 e. The van der Waals surface area contributed by atoms with Gasteiger partial charge in [0, 0.05) is 24.7 Å². The maximum absolute atomic E-state index is 12.4. The van der Waals surface area contributed by atoms with Crippen molar-refractivity contribution in [2.75, 3.05) is 25.6 Å². The highest BCUT2D eigenvalue weighted by molar-refractivity contribution is 7.10. The quantitative estimate of drug-likeness (QED) is 0.618. The monoisotopic (exact) mass is 394 g/mol. The molecule has 0 fully saturated rings. The molecule has 0 bridgehead atoms. The number of thiophene rings is 1. The second-order valence-electron chi connectivity index (χ2n) is 6.44. The van der Waals surface area contributed by atoms with Gasteiger partial charge in [0.15, 0.2) is 6.61 Å². The molecule has 0 aliphatic carbocycles. The van der Waals surface area contributed by atoms with Crippen molar-refractivity contribution in [3.05, 3.63) is 88.1 Å². The molecule has 0 aliphatic rings. The van der Waals surface area contributed by atoms with Crippen LogP contribution in [0, 0.1) is 0 Å². The second-order valence-corrected chi connectivity index (χ2v) is 7.42. The van der Waals surface area contributed by atoms with Crippen LogP contribution in [0.25, 0.3) is 0 Å². The Morgan fingerprint density at radius 1 is 1.00 bits per heavy atom. The molecular formula is C22H22N2O3S. The van der Waals surface area contributed by atoms with Gasteiger partial charge in [0.25, 0.3) is 5.91 Å². The number of amides is 1. The normalized spacial score (nSPS) is 11.5. The Labute approximate surface area is 168 Å². The Morgan fingerprint density at radius 3 is 2.32 bits per heavy atom. The average Bonchev–Trinajstić information content (AvgIpc) is 3.25. The Kier molecular flexibility index (Phi) is 6.45. The van der Waals surface area contributed by atoms with E-state index in [1.807, 2.05) is 79.0 Å². The lowest BCUT2D eigenvalue weighted by Crippen LogP contribution is -2.32. The highest BCUT2D eigenvalue weighted by Crippen LogP contribution is 2.25. The highest BCUT2D eigenvalue weighted by atomic mass is 32.1. The fourth-order valence-corrected chi connectivity index (χ4v) is 3.53. The van der Waals surface area contributed by atoms with Crippen LogP contribution >= 0.6 is 11.3 Å². The standard InChI is InChI=1S/C22H22N2O3S/c1-24(2)18-12-10-17(11-13-18)22(26)27-15-20(25)23-21(19-9-6-14-28-19)16-7-4-3-5-8-16/h3-14,21H,15H2,1-2H3,(H,23,25)/t21-/m0/s1. The molecule has 1 N–H and O–H groups in total. The van der Waals surface area contributed by atoms with Crippen LogP contribution in [0.1, 0.15) is 26.8 Å². The number of anilines is 1. The molecule has 144 valence electrons. The van der Waals surface area contributed by atoms with E-state index in [4.69, 9.17) is 4.74 Å². The molecule has 6 heteroatoms. The Bertz CT molecular complexity index is 907. The highest BCUT2D eigenvalue weighted by Gasteiger charge is 2.19. The summed E-state index contributed by atoms with van der Waals surface area (Å²) in [5.74, 6) is -0.867. The van der Waals surface area contributed by atoms with Gasteiger partial charge in [-0.15, -0.1) is 11.3 Å². The lowest BCUT2D eigenvalue weighted by Gasteiger charge is -2.18. The molecule has 0 aliphatic heterocycles. The first kappa shape index (κ1) is 19.6. The zero-order valence-electron chi connectivity index (χ0n) is 15.8. The van der Waals surface area contributed by atoms with Crippen LogP contribution in [-0.4, -0.2) is 32.6 Å². The van der Waals surface area contributed by atoms with Crippen molar-refractivity contribution in [2.24, 2.45) is 0 Å². The van der Waals surface area contributed by atoms with Crippen LogP contribution in [0.5, 0.6) is 0 Å². The minimum Gasteiger partial charge on any atom is -0.452 e. The minimum atomic E-state index is -0.521. The summed E-state index contributed by atoms with van der Waals surface area (Å²) in [5, 5.41) is 4.92. The lowest BCUT2D eigenvalue weighted by atomic mass is 10.1. The summed E-state index contributed by atoms with van der Waals surface area (Å²) in [5.41, 5.74) is 2.37. The summed E-state index contributed by atoms with van der Waals surface area (Å²) in [4.78, 5) is 27.6. The third-order valence-electron chi connectivity index (χ3n) is 4.22. The van der Waals surface area contributed by atoms with Gasteiger partial charge >= 0.3 is 5.97 Å². The van der Waals surface area contributed by atoms with Gasteiger partial charge in [-0.05, 0) is 41.3 Å². The molecule has 1 atom stereocenters. The molecule has 5 nitrogen and oxygen atoms in total. The molecule has 1 amide bonds. The van der Waals surface area contributed by atoms with E-state index in [-0.39, 0.29) is 18.6 Å². The van der Waals surface area contributed by atoms with Crippen LogP contribution in [0.3, 0.4) is 0 Å². The van der Waals surface area contributed by atoms with Gasteiger partial charge in [-0.25, -0.2) is 4.79 Å². The van der Waals surface area contributed by atoms with E-state index in [1.165, 1.54) is 0 Å². The van der Waals surface area contributed by atoms with E-state index < -0.39 is 5.97 Å². The Balaban J connectivity index is 1.61. The Hall–Kier alpha value is -3.12. The Morgan fingerprint density at radius 2 is 1.71 bits per heavy atom. The number of nitrogens with one attached hydrogen (secondary N) is 1. The van der Waals surface area contributed by atoms with Crippen LogP contribution in [0.2, 0.25) is 0 Å². The molecule has 0 saturated heterocycles. The SMILES string of the molecule is CN(C)c1ccc(C(=O)OCC(=O)N[C@@H](c2ccccc2)c2cccs2)cc1. The van der Waals surface area contributed by atoms with Crippen LogP contribution in [0.15, 0.2) is 72.1 Å². The first-order valence-electron chi connectivity index (χ1n) is 8.87. The van der Waals surface area contributed by atoms with Crippen LogP contribution in [0.4, 0.5) is 5.69 Å². The van der Waals surface area contributed by atoms with Crippen molar-refractivity contribution in [1.82, 2.24) is 5.32 Å². The van der Waals surface area contributed by atoms with E-state index >= 15 is 0 Å². The number of rotatable bonds is 7. The number of nitrogens with zero attached hydrogens (tertiary/aromatic N) is 1. The minimum absolute atomic E-state index is 0.272. The molecule has 3 rings (SSSR count). The zero-order valence-corrected chi connectivity index (χ0v) is 16.6. The summed E-state index contributed by atoms with van der Waals surface area (Å²) in [6, 6.07) is 20.4. The van der Waals surface area contributed by atoms with Gasteiger partial charge in [0.1, 0.15) is 0 Å². The topological polar surface area (TPSA) is 58.6 Å². The van der Waals surface area contributed by atoms with Gasteiger partial charge in [0.05, 0.1) is 11.6 Å². The van der Waals surface area contributed by atoms with Crippen LogP contribution in [-0.2, 0) is 9.53 Å². The molecule has 3 aromatic rings. The molecule has 0 unspecified atom stereocenters. The fourth-order valence-electron chi connectivity index (χ4n) is 2.73. The summed E-state index contributed by atoms with van der Waals surface area (Å²) in [6.45, 7) is -0.330. The maximum Gasteiger partial charge on any atom is 0.338 e.